The second kappa shape index (κ2) is 3.74. The van der Waals surface area contributed by atoms with Gasteiger partial charge in [0.1, 0.15) is 0 Å². The van der Waals surface area contributed by atoms with E-state index in [2.05, 4.69) is 51.9 Å². The van der Waals surface area contributed by atoms with Gasteiger partial charge in [0.05, 0.1) is 11.0 Å². The molecule has 3 aromatic rings. The first-order valence-corrected chi connectivity index (χ1v) is 6.15. The normalized spacial score (nSPS) is 11.2. The van der Waals surface area contributed by atoms with Crippen molar-refractivity contribution in [1.29, 1.82) is 0 Å². The third-order valence-electron chi connectivity index (χ3n) is 2.73. The van der Waals surface area contributed by atoms with Crippen LogP contribution >= 0.6 is 15.9 Å². The highest BCUT2D eigenvalue weighted by molar-refractivity contribution is 9.10. The lowest BCUT2D eigenvalue weighted by molar-refractivity contribution is 0.552. The quantitative estimate of drug-likeness (QED) is 0.730. The number of furan rings is 1. The van der Waals surface area contributed by atoms with Gasteiger partial charge in [-0.15, -0.1) is 0 Å². The molecular weight excluding hydrogens is 280 g/mol. The van der Waals surface area contributed by atoms with E-state index >= 15 is 0 Å². The summed E-state index contributed by atoms with van der Waals surface area (Å²) >= 11 is 3.29. The van der Waals surface area contributed by atoms with E-state index in [4.69, 9.17) is 4.42 Å². The van der Waals surface area contributed by atoms with Crippen LogP contribution in [0.1, 0.15) is 11.1 Å². The largest absolute Gasteiger partial charge is 0.446 e. The molecule has 1 aromatic carbocycles. The van der Waals surface area contributed by atoms with Crippen molar-refractivity contribution in [2.24, 2.45) is 0 Å². The molecule has 0 unspecified atom stereocenters. The summed E-state index contributed by atoms with van der Waals surface area (Å²) in [4.78, 5) is 7.85. The molecule has 1 N–H and O–H groups in total. The Kier molecular flexibility index (Phi) is 2.33. The zero-order chi connectivity index (χ0) is 12.0. The van der Waals surface area contributed by atoms with Crippen molar-refractivity contribution >= 4 is 27.0 Å². The van der Waals surface area contributed by atoms with E-state index in [1.165, 1.54) is 11.1 Å². The number of hydrogen-bond donors (Lipinski definition) is 1. The molecule has 0 aliphatic heterocycles. The second-order valence-corrected chi connectivity index (χ2v) is 4.95. The van der Waals surface area contributed by atoms with Crippen LogP contribution in [-0.2, 0) is 0 Å². The molecule has 0 aliphatic rings. The minimum Gasteiger partial charge on any atom is -0.446 e. The SMILES string of the molecule is Cc1cc(C)c2nc(-c3ccc(Br)o3)[nH]c2c1. The van der Waals surface area contributed by atoms with Crippen LogP contribution in [0.5, 0.6) is 0 Å². The molecule has 0 saturated heterocycles. The molecule has 17 heavy (non-hydrogen) atoms. The Bertz CT molecular complexity index is 697. The lowest BCUT2D eigenvalue weighted by Crippen LogP contribution is -1.79. The molecule has 86 valence electrons. The summed E-state index contributed by atoms with van der Waals surface area (Å²) < 4.78 is 6.20. The molecule has 0 bridgehead atoms. The number of hydrogen-bond acceptors (Lipinski definition) is 2. The molecular formula is C13H11BrN2O. The molecule has 0 saturated carbocycles. The molecule has 3 rings (SSSR count). The smallest absolute Gasteiger partial charge is 0.174 e. The highest BCUT2D eigenvalue weighted by Gasteiger charge is 2.10. The first-order chi connectivity index (χ1) is 8.13. The Morgan fingerprint density at radius 3 is 2.76 bits per heavy atom. The molecule has 2 aromatic heterocycles. The van der Waals surface area contributed by atoms with Crippen molar-refractivity contribution in [2.45, 2.75) is 13.8 Å². The number of rotatable bonds is 1. The number of aromatic nitrogens is 2. The van der Waals surface area contributed by atoms with Gasteiger partial charge in [0.2, 0.25) is 0 Å². The molecule has 0 radical (unpaired) electrons. The predicted molar refractivity (Wildman–Crippen MR) is 71.0 cm³/mol. The molecule has 0 amide bonds. The number of fused-ring (bicyclic) bond motifs is 1. The van der Waals surface area contributed by atoms with E-state index in [-0.39, 0.29) is 0 Å². The third kappa shape index (κ3) is 1.78. The van der Waals surface area contributed by atoms with Gasteiger partial charge < -0.3 is 9.40 Å². The number of H-pyrrole nitrogens is 1. The highest BCUT2D eigenvalue weighted by Crippen LogP contribution is 2.26. The first-order valence-electron chi connectivity index (χ1n) is 5.36. The van der Waals surface area contributed by atoms with Crippen molar-refractivity contribution in [3.8, 4) is 11.6 Å². The van der Waals surface area contributed by atoms with E-state index in [9.17, 15) is 0 Å². The Morgan fingerprint density at radius 2 is 2.06 bits per heavy atom. The van der Waals surface area contributed by atoms with Crippen molar-refractivity contribution in [2.75, 3.05) is 0 Å². The van der Waals surface area contributed by atoms with E-state index in [1.54, 1.807) is 0 Å². The Morgan fingerprint density at radius 1 is 1.24 bits per heavy atom. The Hall–Kier alpha value is -1.55. The van der Waals surface area contributed by atoms with Gasteiger partial charge in [0.25, 0.3) is 0 Å². The fraction of sp³-hybridized carbons (Fsp3) is 0.154. The van der Waals surface area contributed by atoms with Crippen LogP contribution in [-0.4, -0.2) is 9.97 Å². The van der Waals surface area contributed by atoms with Gasteiger partial charge in [-0.1, -0.05) is 6.07 Å². The number of benzene rings is 1. The van der Waals surface area contributed by atoms with Crippen LogP contribution in [0.25, 0.3) is 22.6 Å². The first kappa shape index (κ1) is 10.6. The summed E-state index contributed by atoms with van der Waals surface area (Å²) in [7, 11) is 0. The molecule has 4 heteroatoms. The maximum Gasteiger partial charge on any atom is 0.174 e. The van der Waals surface area contributed by atoms with Gasteiger partial charge in [-0.25, -0.2) is 4.98 Å². The molecule has 0 spiro atoms. The highest BCUT2D eigenvalue weighted by atomic mass is 79.9. The average Bonchev–Trinajstić information content (AvgIpc) is 2.83. The van der Waals surface area contributed by atoms with Gasteiger partial charge in [-0.05, 0) is 59.1 Å². The summed E-state index contributed by atoms with van der Waals surface area (Å²) in [5.41, 5.74) is 4.45. The second-order valence-electron chi connectivity index (χ2n) is 4.17. The minimum absolute atomic E-state index is 0.709. The molecule has 2 heterocycles. The Balaban J connectivity index is 2.23. The summed E-state index contributed by atoms with van der Waals surface area (Å²) in [5.74, 6) is 1.50. The number of nitrogens with zero attached hydrogens (tertiary/aromatic N) is 1. The zero-order valence-corrected chi connectivity index (χ0v) is 11.1. The Labute approximate surface area is 107 Å². The number of nitrogens with one attached hydrogen (secondary N) is 1. The average molecular weight is 291 g/mol. The van der Waals surface area contributed by atoms with Gasteiger partial charge in [-0.3, -0.25) is 0 Å². The third-order valence-corrected chi connectivity index (χ3v) is 3.15. The van der Waals surface area contributed by atoms with E-state index in [1.807, 2.05) is 12.1 Å². The van der Waals surface area contributed by atoms with E-state index in [0.717, 1.165) is 22.6 Å². The van der Waals surface area contributed by atoms with Crippen LogP contribution in [0.4, 0.5) is 0 Å². The monoisotopic (exact) mass is 290 g/mol. The predicted octanol–water partition coefficient (Wildman–Crippen LogP) is 4.20. The van der Waals surface area contributed by atoms with E-state index < -0.39 is 0 Å². The maximum atomic E-state index is 5.49. The van der Waals surface area contributed by atoms with Crippen molar-refractivity contribution in [3.63, 3.8) is 0 Å². The van der Waals surface area contributed by atoms with Gasteiger partial charge in [0.15, 0.2) is 16.3 Å². The fourth-order valence-corrected chi connectivity index (χ4v) is 2.34. The maximum absolute atomic E-state index is 5.49. The lowest BCUT2D eigenvalue weighted by Gasteiger charge is -1.96. The van der Waals surface area contributed by atoms with Crippen LogP contribution in [0, 0.1) is 13.8 Å². The number of aryl methyl sites for hydroxylation is 2. The van der Waals surface area contributed by atoms with Crippen LogP contribution in [0.15, 0.2) is 33.4 Å². The molecule has 0 aliphatic carbocycles. The number of imidazole rings is 1. The standard InChI is InChI=1S/C13H11BrN2O/c1-7-5-8(2)12-9(6-7)15-13(16-12)10-3-4-11(14)17-10/h3-6H,1-2H3,(H,15,16). The van der Waals surface area contributed by atoms with Gasteiger partial charge >= 0.3 is 0 Å². The number of halogens is 1. The van der Waals surface area contributed by atoms with Crippen LogP contribution in [0.2, 0.25) is 0 Å². The van der Waals surface area contributed by atoms with Crippen molar-refractivity contribution in [3.05, 3.63) is 40.1 Å². The van der Waals surface area contributed by atoms with E-state index in [0.29, 0.717) is 4.67 Å². The molecule has 0 fully saturated rings. The van der Waals surface area contributed by atoms with Crippen molar-refractivity contribution in [1.82, 2.24) is 9.97 Å². The molecule has 3 nitrogen and oxygen atoms in total. The summed E-state index contributed by atoms with van der Waals surface area (Å²) in [6, 6.07) is 7.98. The van der Waals surface area contributed by atoms with Crippen molar-refractivity contribution < 1.29 is 4.42 Å². The molecule has 0 atom stereocenters. The summed E-state index contributed by atoms with van der Waals surface area (Å²) in [6.45, 7) is 4.15. The lowest BCUT2D eigenvalue weighted by atomic mass is 10.1. The van der Waals surface area contributed by atoms with Crippen LogP contribution < -0.4 is 0 Å². The van der Waals surface area contributed by atoms with Crippen LogP contribution in [0.3, 0.4) is 0 Å². The topological polar surface area (TPSA) is 41.8 Å². The summed E-state index contributed by atoms with van der Waals surface area (Å²) in [6.07, 6.45) is 0. The van der Waals surface area contributed by atoms with Gasteiger partial charge in [0, 0.05) is 0 Å². The zero-order valence-electron chi connectivity index (χ0n) is 9.54. The minimum atomic E-state index is 0.709. The van der Waals surface area contributed by atoms with Gasteiger partial charge in [-0.2, -0.15) is 0 Å². The fourth-order valence-electron chi connectivity index (χ4n) is 2.03. The number of aromatic amines is 1. The summed E-state index contributed by atoms with van der Waals surface area (Å²) in [5, 5.41) is 0.